The van der Waals surface area contributed by atoms with Crippen molar-refractivity contribution < 1.29 is 13.2 Å². The zero-order valence-electron chi connectivity index (χ0n) is 16.0. The maximum Gasteiger partial charge on any atom is 0.191 e. The molecule has 1 aromatic heterocycles. The summed E-state index contributed by atoms with van der Waals surface area (Å²) in [5, 5.41) is 9.39. The number of benzene rings is 1. The predicted molar refractivity (Wildman–Crippen MR) is 109 cm³/mol. The molecule has 2 aliphatic rings. The van der Waals surface area contributed by atoms with E-state index >= 15 is 0 Å². The number of thioether (sulfide) groups is 1. The molecule has 0 amide bonds. The molecular weight excluding hydrogens is 396 g/mol. The molecule has 2 saturated heterocycles. The quantitative estimate of drug-likeness (QED) is 0.656. The Morgan fingerprint density at radius 1 is 1.25 bits per heavy atom. The minimum Gasteiger partial charge on any atom is -0.375 e. The molecule has 9 heteroatoms. The summed E-state index contributed by atoms with van der Waals surface area (Å²) >= 11 is 1.63. The van der Waals surface area contributed by atoms with Gasteiger partial charge in [-0.1, -0.05) is 42.1 Å². The van der Waals surface area contributed by atoms with Crippen molar-refractivity contribution in [2.24, 2.45) is 7.05 Å². The van der Waals surface area contributed by atoms with Crippen LogP contribution >= 0.6 is 11.8 Å². The van der Waals surface area contributed by atoms with E-state index in [-0.39, 0.29) is 23.5 Å². The van der Waals surface area contributed by atoms with Crippen molar-refractivity contribution in [1.82, 2.24) is 19.7 Å². The van der Waals surface area contributed by atoms with Gasteiger partial charge in [0.05, 0.1) is 24.2 Å². The zero-order valence-corrected chi connectivity index (χ0v) is 17.7. The van der Waals surface area contributed by atoms with E-state index in [1.54, 1.807) is 11.8 Å². The second-order valence-corrected chi connectivity index (χ2v) is 10.7. The lowest BCUT2D eigenvalue weighted by Crippen LogP contribution is -2.43. The molecule has 0 radical (unpaired) electrons. The van der Waals surface area contributed by atoms with Crippen LogP contribution in [0.25, 0.3) is 0 Å². The SMILES string of the molecule is Cn1c(SC[C@H]2CN(Cc3ccccc3)CCO2)nnc1[C@@H]1CCS(=O)(=O)C1. The molecule has 3 heterocycles. The summed E-state index contributed by atoms with van der Waals surface area (Å²) in [6, 6.07) is 10.5. The molecule has 0 bridgehead atoms. The topological polar surface area (TPSA) is 77.3 Å². The molecule has 2 fully saturated rings. The lowest BCUT2D eigenvalue weighted by molar-refractivity contribution is -0.0187. The Kier molecular flexibility index (Phi) is 6.05. The normalized spacial score (nSPS) is 25.2. The summed E-state index contributed by atoms with van der Waals surface area (Å²) < 4.78 is 31.4. The molecular formula is C19H26N4O3S2. The Morgan fingerprint density at radius 3 is 2.82 bits per heavy atom. The Bertz CT molecular complexity index is 901. The van der Waals surface area contributed by atoms with Crippen molar-refractivity contribution in [2.45, 2.75) is 30.1 Å². The largest absolute Gasteiger partial charge is 0.375 e. The van der Waals surface area contributed by atoms with Gasteiger partial charge in [0.1, 0.15) is 5.82 Å². The van der Waals surface area contributed by atoms with Crippen LogP contribution in [0.3, 0.4) is 0 Å². The van der Waals surface area contributed by atoms with Gasteiger partial charge in [0, 0.05) is 38.4 Å². The van der Waals surface area contributed by atoms with Gasteiger partial charge in [-0.2, -0.15) is 0 Å². The smallest absolute Gasteiger partial charge is 0.191 e. The molecule has 1 aromatic carbocycles. The third kappa shape index (κ3) is 4.76. The van der Waals surface area contributed by atoms with Crippen molar-refractivity contribution in [3.05, 3.63) is 41.7 Å². The number of morpholine rings is 1. The summed E-state index contributed by atoms with van der Waals surface area (Å²) in [6.07, 6.45) is 0.786. The van der Waals surface area contributed by atoms with E-state index in [1.165, 1.54) is 5.56 Å². The first-order chi connectivity index (χ1) is 13.5. The van der Waals surface area contributed by atoms with E-state index in [0.717, 1.165) is 43.0 Å². The van der Waals surface area contributed by atoms with Crippen LogP contribution < -0.4 is 0 Å². The van der Waals surface area contributed by atoms with Crippen molar-refractivity contribution >= 4 is 21.6 Å². The fraction of sp³-hybridized carbons (Fsp3) is 0.579. The van der Waals surface area contributed by atoms with Gasteiger partial charge < -0.3 is 9.30 Å². The van der Waals surface area contributed by atoms with Gasteiger partial charge in [0.15, 0.2) is 15.0 Å². The molecule has 7 nitrogen and oxygen atoms in total. The lowest BCUT2D eigenvalue weighted by Gasteiger charge is -2.32. The van der Waals surface area contributed by atoms with Crippen molar-refractivity contribution in [1.29, 1.82) is 0 Å². The number of nitrogens with zero attached hydrogens (tertiary/aromatic N) is 4. The second kappa shape index (κ2) is 8.52. The van der Waals surface area contributed by atoms with Gasteiger partial charge in [-0.25, -0.2) is 8.42 Å². The van der Waals surface area contributed by atoms with E-state index in [2.05, 4.69) is 39.4 Å². The molecule has 152 valence electrons. The lowest BCUT2D eigenvalue weighted by atomic mass is 10.1. The third-order valence-corrected chi connectivity index (χ3v) is 8.26. The molecule has 28 heavy (non-hydrogen) atoms. The molecule has 2 atom stereocenters. The fourth-order valence-corrected chi connectivity index (χ4v) is 6.50. The maximum absolute atomic E-state index is 11.7. The van der Waals surface area contributed by atoms with Crippen molar-refractivity contribution in [3.8, 4) is 0 Å². The second-order valence-electron chi connectivity index (χ2n) is 7.52. The Morgan fingerprint density at radius 2 is 2.07 bits per heavy atom. The molecule has 0 unspecified atom stereocenters. The summed E-state index contributed by atoms with van der Waals surface area (Å²) in [7, 11) is -1.00. The van der Waals surface area contributed by atoms with E-state index in [9.17, 15) is 8.42 Å². The first-order valence-electron chi connectivity index (χ1n) is 9.60. The van der Waals surface area contributed by atoms with Crippen molar-refractivity contribution in [3.63, 3.8) is 0 Å². The van der Waals surface area contributed by atoms with Crippen LogP contribution in [0.2, 0.25) is 0 Å². The minimum absolute atomic E-state index is 0.0378. The number of hydrogen-bond acceptors (Lipinski definition) is 7. The minimum atomic E-state index is -2.93. The number of rotatable bonds is 6. The zero-order chi connectivity index (χ0) is 19.6. The molecule has 4 rings (SSSR count). The highest BCUT2D eigenvalue weighted by molar-refractivity contribution is 7.99. The first kappa shape index (κ1) is 19.9. The Balaban J connectivity index is 1.32. The van der Waals surface area contributed by atoms with Gasteiger partial charge >= 0.3 is 0 Å². The summed E-state index contributed by atoms with van der Waals surface area (Å²) in [6.45, 7) is 3.52. The average Bonchev–Trinajstić information content (AvgIpc) is 3.23. The third-order valence-electron chi connectivity index (χ3n) is 5.34. The molecule has 0 aliphatic carbocycles. The van der Waals surface area contributed by atoms with E-state index in [0.29, 0.717) is 6.42 Å². The number of ether oxygens (including phenoxy) is 1. The van der Waals surface area contributed by atoms with E-state index in [4.69, 9.17) is 4.74 Å². The van der Waals surface area contributed by atoms with Gasteiger partial charge in [0.2, 0.25) is 0 Å². The van der Waals surface area contributed by atoms with Crippen molar-refractivity contribution in [2.75, 3.05) is 37.0 Å². The molecule has 2 aromatic rings. The van der Waals surface area contributed by atoms with Crippen LogP contribution in [-0.4, -0.2) is 71.1 Å². The number of hydrogen-bond donors (Lipinski definition) is 0. The summed E-state index contributed by atoms with van der Waals surface area (Å²) in [5.74, 6) is 1.98. The predicted octanol–water partition coefficient (Wildman–Crippen LogP) is 1.71. The van der Waals surface area contributed by atoms with Crippen LogP contribution in [0.1, 0.15) is 23.7 Å². The van der Waals surface area contributed by atoms with Crippen LogP contribution in [-0.2, 0) is 28.2 Å². The van der Waals surface area contributed by atoms with Gasteiger partial charge in [-0.3, -0.25) is 4.90 Å². The van der Waals surface area contributed by atoms with Gasteiger partial charge in [-0.15, -0.1) is 10.2 Å². The van der Waals surface area contributed by atoms with Crippen LogP contribution in [0, 0.1) is 0 Å². The van der Waals surface area contributed by atoms with Gasteiger partial charge in [-0.05, 0) is 12.0 Å². The monoisotopic (exact) mass is 422 g/mol. The highest BCUT2D eigenvalue weighted by Gasteiger charge is 2.32. The molecule has 0 spiro atoms. The molecule has 2 aliphatic heterocycles. The highest BCUT2D eigenvalue weighted by Crippen LogP contribution is 2.29. The van der Waals surface area contributed by atoms with Crippen LogP contribution in [0.4, 0.5) is 0 Å². The van der Waals surface area contributed by atoms with Crippen LogP contribution in [0.5, 0.6) is 0 Å². The molecule has 0 N–H and O–H groups in total. The highest BCUT2D eigenvalue weighted by atomic mass is 32.2. The molecule has 0 saturated carbocycles. The average molecular weight is 423 g/mol. The Hall–Kier alpha value is -1.42. The standard InChI is InChI=1S/C19H26N4O3S2/c1-22-18(16-7-10-28(24,25)14-16)20-21-19(22)27-13-17-12-23(8-9-26-17)11-15-5-3-2-4-6-15/h2-6,16-17H,7-14H2,1H3/t16-,17-/m1/s1. The fourth-order valence-electron chi connectivity index (χ4n) is 3.84. The number of aromatic nitrogens is 3. The van der Waals surface area contributed by atoms with Gasteiger partial charge in [0.25, 0.3) is 0 Å². The summed E-state index contributed by atoms with van der Waals surface area (Å²) in [5.41, 5.74) is 1.32. The Labute approximate surface area is 170 Å². The van der Waals surface area contributed by atoms with E-state index < -0.39 is 9.84 Å². The number of sulfone groups is 1. The summed E-state index contributed by atoms with van der Waals surface area (Å²) in [4.78, 5) is 2.43. The van der Waals surface area contributed by atoms with E-state index in [1.807, 2.05) is 17.7 Å². The maximum atomic E-state index is 11.7. The first-order valence-corrected chi connectivity index (χ1v) is 12.4. The van der Waals surface area contributed by atoms with Crippen LogP contribution in [0.15, 0.2) is 35.5 Å².